The Morgan fingerprint density at radius 3 is 2.33 bits per heavy atom. The first-order chi connectivity index (χ1) is 11.6. The first-order valence-electron chi connectivity index (χ1n) is 8.90. The van der Waals surface area contributed by atoms with Crippen LogP contribution in [0.4, 0.5) is 0 Å². The minimum absolute atomic E-state index is 0.364. The number of phenolic OH excluding ortho intramolecular Hbond substituents is 1. The number of aromatic hydroxyl groups is 1. The molecule has 0 radical (unpaired) electrons. The predicted octanol–water partition coefficient (Wildman–Crippen LogP) is 6.73. The molecule has 0 saturated heterocycles. The van der Waals surface area contributed by atoms with Crippen molar-refractivity contribution in [3.05, 3.63) is 28.8 Å². The molecule has 0 aliphatic heterocycles. The SMILES string of the molecule is CCC(CC)N=Cc1cc(C)cc(C2CCCCC2)c1O.[Cl][Zr][Cl]. The van der Waals surface area contributed by atoms with Crippen molar-refractivity contribution in [1.29, 1.82) is 0 Å². The van der Waals surface area contributed by atoms with Gasteiger partial charge in [-0.15, -0.1) is 0 Å². The van der Waals surface area contributed by atoms with Gasteiger partial charge in [-0.25, -0.2) is 0 Å². The summed E-state index contributed by atoms with van der Waals surface area (Å²) in [5, 5.41) is 10.6. The van der Waals surface area contributed by atoms with E-state index in [4.69, 9.17) is 17.0 Å². The molecule has 1 aliphatic carbocycles. The maximum atomic E-state index is 10.6. The molecule has 0 aromatic heterocycles. The van der Waals surface area contributed by atoms with Crippen molar-refractivity contribution in [2.45, 2.75) is 77.7 Å². The van der Waals surface area contributed by atoms with Crippen LogP contribution in [0.2, 0.25) is 0 Å². The van der Waals surface area contributed by atoms with Crippen LogP contribution >= 0.6 is 17.0 Å². The molecule has 1 aromatic carbocycles. The summed E-state index contributed by atoms with van der Waals surface area (Å²) in [6.45, 7) is 6.43. The predicted molar refractivity (Wildman–Crippen MR) is 102 cm³/mol. The van der Waals surface area contributed by atoms with Crippen LogP contribution in [-0.4, -0.2) is 17.4 Å². The van der Waals surface area contributed by atoms with Crippen molar-refractivity contribution < 1.29 is 26.0 Å². The van der Waals surface area contributed by atoms with Gasteiger partial charge in [0.1, 0.15) is 5.75 Å². The van der Waals surface area contributed by atoms with E-state index in [9.17, 15) is 5.11 Å². The number of nitrogens with zero attached hydrogens (tertiary/aromatic N) is 1. The molecule has 0 atom stereocenters. The van der Waals surface area contributed by atoms with Gasteiger partial charge in [0.2, 0.25) is 0 Å². The van der Waals surface area contributed by atoms with Crippen molar-refractivity contribution in [2.24, 2.45) is 4.99 Å². The molecule has 1 aliphatic rings. The van der Waals surface area contributed by atoms with E-state index in [1.54, 1.807) is 0 Å². The van der Waals surface area contributed by atoms with Crippen LogP contribution in [0.3, 0.4) is 0 Å². The van der Waals surface area contributed by atoms with Gasteiger partial charge in [-0.05, 0) is 55.7 Å². The Kier molecular flexibility index (Phi) is 11.6. The number of rotatable bonds is 5. The molecule has 2 nitrogen and oxygen atoms in total. The van der Waals surface area contributed by atoms with Gasteiger partial charge in [0, 0.05) is 17.8 Å². The molecule has 0 heterocycles. The third-order valence-electron chi connectivity index (χ3n) is 4.73. The van der Waals surface area contributed by atoms with E-state index in [-0.39, 0.29) is 0 Å². The molecule has 5 heteroatoms. The molecular weight excluding hydrogens is 420 g/mol. The van der Waals surface area contributed by atoms with E-state index in [0.29, 0.717) is 17.7 Å². The van der Waals surface area contributed by atoms with Gasteiger partial charge in [-0.2, -0.15) is 0 Å². The summed E-state index contributed by atoms with van der Waals surface area (Å²) in [5.74, 6) is 0.987. The summed E-state index contributed by atoms with van der Waals surface area (Å²) < 4.78 is 0. The number of aryl methyl sites for hydroxylation is 1. The van der Waals surface area contributed by atoms with Crippen LogP contribution in [0.1, 0.15) is 81.4 Å². The first kappa shape index (κ1) is 22.2. The fourth-order valence-electron chi connectivity index (χ4n) is 3.34. The second-order valence-corrected chi connectivity index (χ2v) is 10.2. The molecule has 0 unspecified atom stereocenters. The summed E-state index contributed by atoms with van der Waals surface area (Å²) in [7, 11) is 9.87. The summed E-state index contributed by atoms with van der Waals surface area (Å²) in [5.41, 5.74) is 3.25. The topological polar surface area (TPSA) is 32.6 Å². The zero-order chi connectivity index (χ0) is 17.9. The molecule has 1 N–H and O–H groups in total. The maximum absolute atomic E-state index is 10.6. The average molecular weight is 450 g/mol. The Balaban J connectivity index is 0.000000891. The molecular formula is C19H29Cl2NOZr. The molecule has 24 heavy (non-hydrogen) atoms. The number of aliphatic imine (C=N–C) groups is 1. The number of halogens is 2. The van der Waals surface area contributed by atoms with E-state index in [0.717, 1.165) is 24.0 Å². The molecule has 0 bridgehead atoms. The summed E-state index contributed by atoms with van der Waals surface area (Å²) >= 11 is -0.826. The number of hydrogen-bond donors (Lipinski definition) is 1. The number of hydrogen-bond acceptors (Lipinski definition) is 2. The monoisotopic (exact) mass is 447 g/mol. The molecule has 1 fully saturated rings. The van der Waals surface area contributed by atoms with E-state index < -0.39 is 20.8 Å². The molecule has 0 spiro atoms. The molecule has 0 amide bonds. The van der Waals surface area contributed by atoms with Gasteiger partial charge in [-0.3, -0.25) is 4.99 Å². The molecule has 1 saturated carbocycles. The fraction of sp³-hybridized carbons (Fsp3) is 0.632. The van der Waals surface area contributed by atoms with Crippen LogP contribution < -0.4 is 0 Å². The third kappa shape index (κ3) is 7.18. The Morgan fingerprint density at radius 1 is 1.21 bits per heavy atom. The second-order valence-electron chi connectivity index (χ2n) is 6.45. The van der Waals surface area contributed by atoms with Crippen LogP contribution in [0.15, 0.2) is 17.1 Å². The van der Waals surface area contributed by atoms with E-state index in [1.807, 2.05) is 12.3 Å². The van der Waals surface area contributed by atoms with Crippen molar-refractivity contribution >= 4 is 23.2 Å². The van der Waals surface area contributed by atoms with E-state index in [1.165, 1.54) is 37.7 Å². The summed E-state index contributed by atoms with van der Waals surface area (Å²) in [6, 6.07) is 4.58. The quantitative estimate of drug-likeness (QED) is 0.497. The Hall–Kier alpha value is 0.153. The van der Waals surface area contributed by atoms with Gasteiger partial charge in [0.25, 0.3) is 0 Å². The second kappa shape index (κ2) is 12.5. The van der Waals surface area contributed by atoms with Gasteiger partial charge >= 0.3 is 37.9 Å². The summed E-state index contributed by atoms with van der Waals surface area (Å²) in [6.07, 6.45) is 10.3. The van der Waals surface area contributed by atoms with E-state index in [2.05, 4.69) is 31.8 Å². The van der Waals surface area contributed by atoms with Gasteiger partial charge < -0.3 is 5.11 Å². The number of benzene rings is 1. The van der Waals surface area contributed by atoms with Gasteiger partial charge in [0.05, 0.1) is 0 Å². The molecule has 2 rings (SSSR count). The van der Waals surface area contributed by atoms with Gasteiger partial charge in [-0.1, -0.05) is 39.2 Å². The van der Waals surface area contributed by atoms with Crippen molar-refractivity contribution in [3.63, 3.8) is 0 Å². The standard InChI is InChI=1S/C19H29NO.2ClH.Zr/c1-4-17(5-2)20-13-16-11-14(3)12-18(19(16)21)15-9-7-6-8-10-15;;;/h11-13,15,17,21H,4-10H2,1-3H3;2*1H;/q;;;+2/p-2. The fourth-order valence-corrected chi connectivity index (χ4v) is 3.34. The van der Waals surface area contributed by atoms with Crippen LogP contribution in [0, 0.1) is 6.92 Å². The Labute approximate surface area is 165 Å². The molecule has 134 valence electrons. The zero-order valence-corrected chi connectivity index (χ0v) is 19.0. The first-order valence-corrected chi connectivity index (χ1v) is 15.2. The third-order valence-corrected chi connectivity index (χ3v) is 4.73. The number of phenols is 1. The summed E-state index contributed by atoms with van der Waals surface area (Å²) in [4.78, 5) is 4.63. The van der Waals surface area contributed by atoms with Crippen molar-refractivity contribution in [3.8, 4) is 5.75 Å². The normalized spacial score (nSPS) is 15.4. The van der Waals surface area contributed by atoms with Crippen LogP contribution in [0.25, 0.3) is 0 Å². The zero-order valence-electron chi connectivity index (χ0n) is 15.0. The Bertz CT molecular complexity index is 512. The van der Waals surface area contributed by atoms with Gasteiger partial charge in [0.15, 0.2) is 0 Å². The van der Waals surface area contributed by atoms with E-state index >= 15 is 0 Å². The minimum atomic E-state index is -0.826. The van der Waals surface area contributed by atoms with Crippen LogP contribution in [-0.2, 0) is 20.8 Å². The van der Waals surface area contributed by atoms with Crippen molar-refractivity contribution in [1.82, 2.24) is 0 Å². The van der Waals surface area contributed by atoms with Crippen LogP contribution in [0.5, 0.6) is 5.75 Å². The average Bonchev–Trinajstić information content (AvgIpc) is 2.60. The Morgan fingerprint density at radius 2 is 1.79 bits per heavy atom. The molecule has 1 aromatic rings. The van der Waals surface area contributed by atoms with Crippen molar-refractivity contribution in [2.75, 3.05) is 0 Å².